The van der Waals surface area contributed by atoms with Crippen LogP contribution >= 0.6 is 0 Å². The molecule has 3 fully saturated rings. The predicted molar refractivity (Wildman–Crippen MR) is 103 cm³/mol. The summed E-state index contributed by atoms with van der Waals surface area (Å²) in [6, 6.07) is 7.30. The predicted octanol–water partition coefficient (Wildman–Crippen LogP) is 1.06. The van der Waals surface area contributed by atoms with Crippen molar-refractivity contribution in [2.75, 3.05) is 51.1 Å². The van der Waals surface area contributed by atoms with Gasteiger partial charge in [-0.3, -0.25) is 24.7 Å². The summed E-state index contributed by atoms with van der Waals surface area (Å²) in [7, 11) is 0. The molecule has 0 atom stereocenters. The standard InChI is InChI=1S/C20H25N3O7/c1-18(23(25)26)12-29-20(30-13-18)15-4-2-3-5-16(15)22(17(20)24)14-21-8-6-19(7-9-21)27-10-11-28-19/h2-5H,6-14H2,1H3. The number of nitro groups is 1. The van der Waals surface area contributed by atoms with E-state index in [1.165, 1.54) is 6.92 Å². The van der Waals surface area contributed by atoms with Crippen LogP contribution in [0.3, 0.4) is 0 Å². The number of likely N-dealkylation sites (tertiary alicyclic amines) is 1. The number of piperidine rings is 1. The van der Waals surface area contributed by atoms with Gasteiger partial charge >= 0.3 is 0 Å². The van der Waals surface area contributed by atoms with Gasteiger partial charge in [-0.05, 0) is 6.07 Å². The smallest absolute Gasteiger partial charge is 0.293 e. The van der Waals surface area contributed by atoms with E-state index in [-0.39, 0.29) is 19.1 Å². The van der Waals surface area contributed by atoms with Crippen molar-refractivity contribution in [2.45, 2.75) is 36.9 Å². The maximum atomic E-state index is 13.5. The Kier molecular flexibility index (Phi) is 4.60. The highest BCUT2D eigenvalue weighted by Crippen LogP contribution is 2.46. The van der Waals surface area contributed by atoms with Crippen LogP contribution in [0.5, 0.6) is 0 Å². The van der Waals surface area contributed by atoms with Gasteiger partial charge in [0.25, 0.3) is 17.2 Å². The third-order valence-corrected chi connectivity index (χ3v) is 6.46. The Balaban J connectivity index is 1.35. The Morgan fingerprint density at radius 3 is 2.33 bits per heavy atom. The van der Waals surface area contributed by atoms with Crippen molar-refractivity contribution in [1.29, 1.82) is 0 Å². The molecular weight excluding hydrogens is 394 g/mol. The lowest BCUT2D eigenvalue weighted by Gasteiger charge is -2.40. The topological polar surface area (TPSA) is 104 Å². The van der Waals surface area contributed by atoms with Crippen molar-refractivity contribution in [2.24, 2.45) is 0 Å². The Morgan fingerprint density at radius 2 is 1.70 bits per heavy atom. The van der Waals surface area contributed by atoms with Crippen molar-refractivity contribution in [1.82, 2.24) is 4.90 Å². The minimum absolute atomic E-state index is 0.200. The minimum Gasteiger partial charge on any atom is -0.347 e. The molecule has 4 heterocycles. The molecule has 0 radical (unpaired) electrons. The lowest BCUT2D eigenvalue weighted by atomic mass is 10.0. The van der Waals surface area contributed by atoms with Gasteiger partial charge in [0.05, 0.1) is 25.6 Å². The van der Waals surface area contributed by atoms with Gasteiger partial charge in [-0.15, -0.1) is 0 Å². The summed E-state index contributed by atoms with van der Waals surface area (Å²) < 4.78 is 23.2. The van der Waals surface area contributed by atoms with E-state index in [4.69, 9.17) is 18.9 Å². The second kappa shape index (κ2) is 6.96. The van der Waals surface area contributed by atoms with Crippen LogP contribution in [0.2, 0.25) is 0 Å². The maximum Gasteiger partial charge on any atom is 0.293 e. The van der Waals surface area contributed by atoms with Crippen LogP contribution in [-0.2, 0) is 29.5 Å². The molecule has 162 valence electrons. The molecule has 1 aromatic rings. The summed E-state index contributed by atoms with van der Waals surface area (Å²) >= 11 is 0. The molecule has 4 aliphatic rings. The van der Waals surface area contributed by atoms with Crippen molar-refractivity contribution in [3.05, 3.63) is 39.9 Å². The first kappa shape index (κ1) is 19.8. The molecule has 1 aromatic carbocycles. The van der Waals surface area contributed by atoms with Crippen molar-refractivity contribution in [3.8, 4) is 0 Å². The first-order chi connectivity index (χ1) is 14.4. The summed E-state index contributed by atoms with van der Waals surface area (Å²) in [6.07, 6.45) is 1.49. The summed E-state index contributed by atoms with van der Waals surface area (Å²) in [5.41, 5.74) is -0.0756. The molecular formula is C20H25N3O7. The van der Waals surface area contributed by atoms with Crippen LogP contribution in [0.15, 0.2) is 24.3 Å². The number of fused-ring (bicyclic) bond motifs is 2. The van der Waals surface area contributed by atoms with Crippen molar-refractivity contribution < 1.29 is 28.7 Å². The number of rotatable bonds is 3. The molecule has 5 rings (SSSR count). The summed E-state index contributed by atoms with van der Waals surface area (Å²) in [4.78, 5) is 28.2. The highest BCUT2D eigenvalue weighted by Gasteiger charge is 2.60. The molecule has 0 aromatic heterocycles. The van der Waals surface area contributed by atoms with Gasteiger partial charge < -0.3 is 18.9 Å². The second-order valence-electron chi connectivity index (χ2n) is 8.57. The second-order valence-corrected chi connectivity index (χ2v) is 8.57. The molecule has 1 amide bonds. The molecule has 0 saturated carbocycles. The van der Waals surface area contributed by atoms with Gasteiger partial charge in [0, 0.05) is 43.3 Å². The third-order valence-electron chi connectivity index (χ3n) is 6.46. The van der Waals surface area contributed by atoms with E-state index in [1.54, 1.807) is 11.0 Å². The molecule has 0 bridgehead atoms. The SMILES string of the molecule is CC1([N+](=O)[O-])COC2(OC1)C(=O)N(CN1CCC3(CC1)OCCO3)c1ccccc12. The Morgan fingerprint density at radius 1 is 1.07 bits per heavy atom. The number of para-hydroxylation sites is 1. The zero-order chi connectivity index (χ0) is 21.0. The molecule has 30 heavy (non-hydrogen) atoms. The van der Waals surface area contributed by atoms with Gasteiger partial charge in [0.1, 0.15) is 13.2 Å². The molecule has 10 heteroatoms. The Bertz CT molecular complexity index is 852. The van der Waals surface area contributed by atoms with Crippen LogP contribution in [0, 0.1) is 10.1 Å². The highest BCUT2D eigenvalue weighted by molar-refractivity contribution is 6.06. The average molecular weight is 419 g/mol. The molecule has 10 nitrogen and oxygen atoms in total. The highest BCUT2D eigenvalue weighted by atomic mass is 16.7. The van der Waals surface area contributed by atoms with E-state index < -0.39 is 22.0 Å². The van der Waals surface area contributed by atoms with Crippen molar-refractivity contribution >= 4 is 11.6 Å². The van der Waals surface area contributed by atoms with Gasteiger partial charge in [-0.25, -0.2) is 0 Å². The number of ether oxygens (including phenoxy) is 4. The van der Waals surface area contributed by atoms with E-state index in [9.17, 15) is 14.9 Å². The summed E-state index contributed by atoms with van der Waals surface area (Å²) in [5.74, 6) is -2.45. The number of amides is 1. The van der Waals surface area contributed by atoms with Crippen LogP contribution in [0.1, 0.15) is 25.3 Å². The largest absolute Gasteiger partial charge is 0.347 e. The number of anilines is 1. The summed E-state index contributed by atoms with van der Waals surface area (Å²) in [5, 5.41) is 11.4. The fraction of sp³-hybridized carbons (Fsp3) is 0.650. The first-order valence-corrected chi connectivity index (χ1v) is 10.2. The lowest BCUT2D eigenvalue weighted by Crippen LogP contribution is -2.58. The van der Waals surface area contributed by atoms with Crippen LogP contribution < -0.4 is 4.90 Å². The molecule has 0 aliphatic carbocycles. The Labute approximate surface area is 173 Å². The Hall–Kier alpha value is -2.11. The van der Waals surface area contributed by atoms with E-state index in [0.29, 0.717) is 31.1 Å². The van der Waals surface area contributed by atoms with Crippen LogP contribution in [0.4, 0.5) is 5.69 Å². The van der Waals surface area contributed by atoms with E-state index >= 15 is 0 Å². The van der Waals surface area contributed by atoms with E-state index in [2.05, 4.69) is 4.90 Å². The normalized spacial score (nSPS) is 33.4. The molecule has 4 aliphatic heterocycles. The van der Waals surface area contributed by atoms with Gasteiger partial charge in [0.15, 0.2) is 5.79 Å². The zero-order valence-electron chi connectivity index (χ0n) is 16.9. The maximum absolute atomic E-state index is 13.5. The zero-order valence-corrected chi connectivity index (χ0v) is 16.9. The van der Waals surface area contributed by atoms with E-state index in [1.807, 2.05) is 18.2 Å². The molecule has 0 unspecified atom stereocenters. The fourth-order valence-electron chi connectivity index (χ4n) is 4.53. The number of benzene rings is 1. The minimum atomic E-state index is -1.62. The van der Waals surface area contributed by atoms with Gasteiger partial charge in [0.2, 0.25) is 0 Å². The number of nitrogens with zero attached hydrogens (tertiary/aromatic N) is 3. The fourth-order valence-corrected chi connectivity index (χ4v) is 4.53. The van der Waals surface area contributed by atoms with Gasteiger partial charge in [-0.2, -0.15) is 0 Å². The number of carbonyl (C=O) groups is 1. The molecule has 2 spiro atoms. The van der Waals surface area contributed by atoms with Crippen LogP contribution in [0.25, 0.3) is 0 Å². The van der Waals surface area contributed by atoms with E-state index in [0.717, 1.165) is 25.9 Å². The third kappa shape index (κ3) is 2.94. The number of hydrogen-bond acceptors (Lipinski definition) is 8. The van der Waals surface area contributed by atoms with Gasteiger partial charge in [-0.1, -0.05) is 18.2 Å². The van der Waals surface area contributed by atoms with Crippen LogP contribution in [-0.4, -0.2) is 73.2 Å². The number of carbonyl (C=O) groups excluding carboxylic acids is 1. The van der Waals surface area contributed by atoms with Crippen molar-refractivity contribution in [3.63, 3.8) is 0 Å². The molecule has 3 saturated heterocycles. The quantitative estimate of drug-likeness (QED) is 0.529. The molecule has 0 N–H and O–H groups in total. The monoisotopic (exact) mass is 419 g/mol. The lowest BCUT2D eigenvalue weighted by molar-refractivity contribution is -0.590. The average Bonchev–Trinajstić information content (AvgIpc) is 3.29. The summed E-state index contributed by atoms with van der Waals surface area (Å²) in [6.45, 7) is 4.16. The first-order valence-electron chi connectivity index (χ1n) is 10.2. The number of hydrogen-bond donors (Lipinski definition) is 0.